The molecule has 3 heteroatoms. The van der Waals surface area contributed by atoms with Crippen molar-refractivity contribution in [1.82, 2.24) is 0 Å². The Morgan fingerprint density at radius 1 is 0.591 bits per heavy atom. The van der Waals surface area contributed by atoms with Crippen LogP contribution in [0.15, 0.2) is 91.0 Å². The van der Waals surface area contributed by atoms with Gasteiger partial charge in [-0.15, -0.1) is 0 Å². The van der Waals surface area contributed by atoms with Crippen molar-refractivity contribution in [2.45, 2.75) is 4.75 Å². The van der Waals surface area contributed by atoms with Crippen LogP contribution in [-0.4, -0.2) is 4.55 Å². The van der Waals surface area contributed by atoms with E-state index in [9.17, 15) is 4.55 Å². The number of hydrogen-bond donors (Lipinski definition) is 0. The molecule has 3 aromatic rings. The third-order valence-corrected chi connectivity index (χ3v) is 5.66. The van der Waals surface area contributed by atoms with Gasteiger partial charge in [0.05, 0.1) is 10.4 Å². The van der Waals surface area contributed by atoms with Gasteiger partial charge in [0.1, 0.15) is 0 Å². The zero-order valence-electron chi connectivity index (χ0n) is 11.9. The summed E-state index contributed by atoms with van der Waals surface area (Å²) in [4.78, 5) is 0. The molecule has 0 aliphatic rings. The normalized spacial score (nSPS) is 12.8. The van der Waals surface area contributed by atoms with Crippen molar-refractivity contribution in [2.75, 3.05) is 0 Å². The largest absolute Gasteiger partial charge is 0.598 e. The van der Waals surface area contributed by atoms with Crippen LogP contribution in [0.4, 0.5) is 0 Å². The monoisotopic (exact) mass is 326 g/mol. The Labute approximate surface area is 138 Å². The molecule has 0 spiro atoms. The van der Waals surface area contributed by atoms with Crippen molar-refractivity contribution in [3.05, 3.63) is 108 Å². The van der Waals surface area contributed by atoms with Gasteiger partial charge in [0.15, 0.2) is 10.7 Å². The highest BCUT2D eigenvalue weighted by molar-refractivity contribution is 8.14. The van der Waals surface area contributed by atoms with Gasteiger partial charge in [0, 0.05) is 16.7 Å². The quantitative estimate of drug-likeness (QED) is 0.495. The van der Waals surface area contributed by atoms with E-state index in [1.807, 2.05) is 91.0 Å². The van der Waals surface area contributed by atoms with Gasteiger partial charge in [0.2, 0.25) is 4.75 Å². The van der Waals surface area contributed by atoms with Crippen LogP contribution in [0.5, 0.6) is 0 Å². The van der Waals surface area contributed by atoms with Crippen molar-refractivity contribution < 1.29 is 4.55 Å². The number of hydrogen-bond acceptors (Lipinski definition) is 1. The molecule has 0 amide bonds. The van der Waals surface area contributed by atoms with Crippen LogP contribution < -0.4 is 0 Å². The maximum Gasteiger partial charge on any atom is 0.219 e. The SMILES string of the molecule is [O-][S+](Cl)C(c1ccccc1)(c1ccccc1)c1ccccc1. The molecule has 22 heavy (non-hydrogen) atoms. The minimum Gasteiger partial charge on any atom is -0.598 e. The van der Waals surface area contributed by atoms with E-state index in [2.05, 4.69) is 0 Å². The molecular formula is C19H15ClOS. The first kappa shape index (κ1) is 15.2. The van der Waals surface area contributed by atoms with Crippen molar-refractivity contribution in [3.63, 3.8) is 0 Å². The summed E-state index contributed by atoms with van der Waals surface area (Å²) in [5.41, 5.74) is 2.75. The Balaban J connectivity index is 2.34. The molecule has 0 aromatic heterocycles. The Kier molecular flexibility index (Phi) is 4.53. The van der Waals surface area contributed by atoms with Crippen molar-refractivity contribution in [3.8, 4) is 0 Å². The molecule has 1 atom stereocenters. The maximum absolute atomic E-state index is 12.7. The fourth-order valence-electron chi connectivity index (χ4n) is 2.80. The first-order chi connectivity index (χ1) is 10.8. The highest BCUT2D eigenvalue weighted by Crippen LogP contribution is 2.45. The van der Waals surface area contributed by atoms with E-state index in [1.54, 1.807) is 0 Å². The van der Waals surface area contributed by atoms with Crippen LogP contribution >= 0.6 is 10.7 Å². The van der Waals surface area contributed by atoms with Crippen molar-refractivity contribution in [2.24, 2.45) is 0 Å². The van der Waals surface area contributed by atoms with Crippen molar-refractivity contribution in [1.29, 1.82) is 0 Å². The molecular weight excluding hydrogens is 312 g/mol. The average Bonchev–Trinajstić information content (AvgIpc) is 2.58. The summed E-state index contributed by atoms with van der Waals surface area (Å²) in [7, 11) is 4.63. The van der Waals surface area contributed by atoms with Gasteiger partial charge < -0.3 is 4.55 Å². The van der Waals surface area contributed by atoms with Crippen LogP contribution in [0.3, 0.4) is 0 Å². The van der Waals surface area contributed by atoms with Crippen LogP contribution in [0.1, 0.15) is 16.7 Å². The Morgan fingerprint density at radius 2 is 0.864 bits per heavy atom. The molecule has 1 unspecified atom stereocenters. The summed E-state index contributed by atoms with van der Waals surface area (Å²) >= 11 is 0. The standard InChI is InChI=1S/C19H15ClOS/c20-22(21)19(16-10-4-1-5-11-16,17-12-6-2-7-13-17)18-14-8-3-9-15-18/h1-15H. The molecule has 0 radical (unpaired) electrons. The molecule has 0 aliphatic carbocycles. The summed E-state index contributed by atoms with van der Waals surface area (Å²) in [6.45, 7) is 0. The highest BCUT2D eigenvalue weighted by atomic mass is 35.7. The van der Waals surface area contributed by atoms with Gasteiger partial charge in [-0.2, -0.15) is 0 Å². The molecule has 3 rings (SSSR count). The fourth-order valence-corrected chi connectivity index (χ4v) is 4.56. The lowest BCUT2D eigenvalue weighted by molar-refractivity contribution is 0.586. The third kappa shape index (κ3) is 2.54. The topological polar surface area (TPSA) is 23.1 Å². The van der Waals surface area contributed by atoms with E-state index < -0.39 is 15.1 Å². The lowest BCUT2D eigenvalue weighted by atomic mass is 9.84. The summed E-state index contributed by atoms with van der Waals surface area (Å²) in [5, 5.41) is 0. The Morgan fingerprint density at radius 3 is 1.09 bits per heavy atom. The molecule has 0 bridgehead atoms. The zero-order chi connectivity index (χ0) is 15.4. The molecule has 0 heterocycles. The van der Waals surface area contributed by atoms with E-state index in [4.69, 9.17) is 10.7 Å². The highest BCUT2D eigenvalue weighted by Gasteiger charge is 2.48. The summed E-state index contributed by atoms with van der Waals surface area (Å²) in [5.74, 6) is 0. The van der Waals surface area contributed by atoms with Crippen LogP contribution in [0.2, 0.25) is 0 Å². The maximum atomic E-state index is 12.7. The van der Waals surface area contributed by atoms with Gasteiger partial charge in [-0.25, -0.2) is 0 Å². The Hall–Kier alpha value is -1.74. The lowest BCUT2D eigenvalue weighted by Crippen LogP contribution is -2.35. The molecule has 0 saturated carbocycles. The molecule has 1 nitrogen and oxygen atoms in total. The molecule has 0 fully saturated rings. The van der Waals surface area contributed by atoms with Crippen LogP contribution in [0.25, 0.3) is 0 Å². The van der Waals surface area contributed by atoms with E-state index in [1.165, 1.54) is 0 Å². The van der Waals surface area contributed by atoms with Crippen molar-refractivity contribution >= 4 is 21.1 Å². The summed E-state index contributed by atoms with van der Waals surface area (Å²) < 4.78 is 11.9. The predicted octanol–water partition coefficient (Wildman–Crippen LogP) is 4.88. The second kappa shape index (κ2) is 6.57. The number of benzene rings is 3. The molecule has 110 valence electrons. The molecule has 0 N–H and O–H groups in total. The second-order valence-corrected chi connectivity index (χ2v) is 6.90. The Bertz CT molecular complexity index is 618. The zero-order valence-corrected chi connectivity index (χ0v) is 13.4. The predicted molar refractivity (Wildman–Crippen MR) is 93.2 cm³/mol. The van der Waals surface area contributed by atoms with E-state index in [0.29, 0.717) is 0 Å². The minimum absolute atomic E-state index is 0.884. The van der Waals surface area contributed by atoms with Gasteiger partial charge in [-0.05, 0) is 0 Å². The fraction of sp³-hybridized carbons (Fsp3) is 0.0526. The lowest BCUT2D eigenvalue weighted by Gasteiger charge is -2.32. The first-order valence-electron chi connectivity index (χ1n) is 7.01. The number of rotatable bonds is 4. The summed E-state index contributed by atoms with van der Waals surface area (Å²) in [6.07, 6.45) is 0. The summed E-state index contributed by atoms with van der Waals surface area (Å²) in [6, 6.07) is 29.3. The number of halogens is 1. The van der Waals surface area contributed by atoms with Gasteiger partial charge in [0.25, 0.3) is 0 Å². The average molecular weight is 327 g/mol. The van der Waals surface area contributed by atoms with E-state index in [-0.39, 0.29) is 0 Å². The first-order valence-corrected chi connectivity index (χ1v) is 8.98. The molecule has 0 saturated heterocycles. The van der Waals surface area contributed by atoms with Gasteiger partial charge in [-0.1, -0.05) is 91.0 Å². The molecule has 3 aromatic carbocycles. The van der Waals surface area contributed by atoms with Gasteiger partial charge >= 0.3 is 0 Å². The van der Waals surface area contributed by atoms with Crippen LogP contribution in [-0.2, 0) is 15.1 Å². The van der Waals surface area contributed by atoms with E-state index >= 15 is 0 Å². The smallest absolute Gasteiger partial charge is 0.219 e. The second-order valence-electron chi connectivity index (χ2n) is 5.00. The minimum atomic E-state index is -1.64. The van der Waals surface area contributed by atoms with E-state index in [0.717, 1.165) is 16.7 Å². The molecule has 0 aliphatic heterocycles. The third-order valence-electron chi connectivity index (χ3n) is 3.78. The van der Waals surface area contributed by atoms with Gasteiger partial charge in [-0.3, -0.25) is 0 Å². The van der Waals surface area contributed by atoms with Crippen LogP contribution in [0, 0.1) is 0 Å².